The van der Waals surface area contributed by atoms with Gasteiger partial charge in [-0.25, -0.2) is 14.1 Å². The van der Waals surface area contributed by atoms with Crippen LogP contribution < -0.4 is 24.4 Å². The van der Waals surface area contributed by atoms with Crippen molar-refractivity contribution in [2.75, 3.05) is 19.1 Å². The maximum absolute atomic E-state index is 13.4. The van der Waals surface area contributed by atoms with Gasteiger partial charge in [0.1, 0.15) is 35.2 Å². The molecule has 4 amide bonds. The van der Waals surface area contributed by atoms with Gasteiger partial charge in [-0.2, -0.15) is 0 Å². The minimum absolute atomic E-state index is 0.0172. The Balaban J connectivity index is 1.72. The average molecular weight is 545 g/mol. The van der Waals surface area contributed by atoms with Gasteiger partial charge in [-0.1, -0.05) is 35.3 Å². The number of imide groups is 2. The van der Waals surface area contributed by atoms with Crippen LogP contribution in [0.2, 0.25) is 10.0 Å². The van der Waals surface area contributed by atoms with Gasteiger partial charge in [-0.05, 0) is 42.0 Å². The van der Waals surface area contributed by atoms with Crippen molar-refractivity contribution in [3.05, 3.63) is 87.2 Å². The van der Waals surface area contributed by atoms with E-state index >= 15 is 0 Å². The lowest BCUT2D eigenvalue weighted by atomic mass is 10.1. The number of carbonyl (C=O) groups excluding carboxylic acids is 3. The van der Waals surface area contributed by atoms with Crippen LogP contribution in [0.25, 0.3) is 6.08 Å². The molecule has 11 heteroatoms. The number of rotatable bonds is 7. The van der Waals surface area contributed by atoms with Crippen LogP contribution in [0.4, 0.5) is 14.9 Å². The Kier molecular flexibility index (Phi) is 7.66. The Morgan fingerprint density at radius 2 is 1.62 bits per heavy atom. The summed E-state index contributed by atoms with van der Waals surface area (Å²) in [5.41, 5.74) is 0.665. The Morgan fingerprint density at radius 1 is 0.919 bits per heavy atom. The van der Waals surface area contributed by atoms with E-state index in [0.29, 0.717) is 21.9 Å². The first-order valence-electron chi connectivity index (χ1n) is 10.7. The van der Waals surface area contributed by atoms with Crippen LogP contribution in [0.3, 0.4) is 0 Å². The van der Waals surface area contributed by atoms with Crippen molar-refractivity contribution >= 4 is 52.8 Å². The van der Waals surface area contributed by atoms with Gasteiger partial charge in [-0.3, -0.25) is 14.9 Å². The smallest absolute Gasteiger partial charge is 0.336 e. The van der Waals surface area contributed by atoms with Crippen LogP contribution in [0.1, 0.15) is 11.1 Å². The van der Waals surface area contributed by atoms with E-state index in [1.165, 1.54) is 50.6 Å². The molecule has 1 aliphatic rings. The van der Waals surface area contributed by atoms with Crippen molar-refractivity contribution in [3.63, 3.8) is 0 Å². The van der Waals surface area contributed by atoms with Crippen molar-refractivity contribution in [3.8, 4) is 17.2 Å². The predicted octanol–water partition coefficient (Wildman–Crippen LogP) is 5.40. The van der Waals surface area contributed by atoms with Crippen molar-refractivity contribution in [1.29, 1.82) is 0 Å². The van der Waals surface area contributed by atoms with Gasteiger partial charge >= 0.3 is 6.03 Å². The summed E-state index contributed by atoms with van der Waals surface area (Å²) in [6.45, 7) is 0.0879. The van der Waals surface area contributed by atoms with Crippen LogP contribution in [0.5, 0.6) is 17.2 Å². The molecule has 1 N–H and O–H groups in total. The number of carbonyl (C=O) groups is 3. The molecule has 190 valence electrons. The highest BCUT2D eigenvalue weighted by atomic mass is 35.5. The lowest BCUT2D eigenvalue weighted by Gasteiger charge is -2.28. The normalized spacial score (nSPS) is 14.6. The van der Waals surface area contributed by atoms with Gasteiger partial charge in [0, 0.05) is 22.7 Å². The third kappa shape index (κ3) is 5.52. The Morgan fingerprint density at radius 3 is 2.30 bits per heavy atom. The quantitative estimate of drug-likeness (QED) is 0.316. The second kappa shape index (κ2) is 10.9. The van der Waals surface area contributed by atoms with E-state index in [0.717, 1.165) is 4.90 Å². The zero-order valence-corrected chi connectivity index (χ0v) is 21.0. The van der Waals surface area contributed by atoms with Crippen LogP contribution in [0.15, 0.2) is 60.2 Å². The molecule has 0 saturated carbocycles. The monoisotopic (exact) mass is 544 g/mol. The Labute approximate surface area is 221 Å². The molecule has 0 aromatic heterocycles. The number of methoxy groups -OCH3 is 2. The molecule has 1 aliphatic heterocycles. The van der Waals surface area contributed by atoms with E-state index in [1.807, 2.05) is 0 Å². The van der Waals surface area contributed by atoms with E-state index in [1.54, 1.807) is 24.3 Å². The van der Waals surface area contributed by atoms with Gasteiger partial charge in [0.25, 0.3) is 11.8 Å². The van der Waals surface area contributed by atoms with Crippen LogP contribution in [-0.2, 0) is 16.2 Å². The summed E-state index contributed by atoms with van der Waals surface area (Å²) in [5, 5.41) is 2.67. The number of ether oxygens (including phenoxy) is 3. The number of nitrogens with one attached hydrogen (secondary N) is 1. The molecule has 3 aromatic rings. The van der Waals surface area contributed by atoms with E-state index < -0.39 is 17.8 Å². The van der Waals surface area contributed by atoms with Crippen molar-refractivity contribution in [2.45, 2.75) is 6.61 Å². The molecule has 1 saturated heterocycles. The van der Waals surface area contributed by atoms with Gasteiger partial charge in [0.2, 0.25) is 0 Å². The van der Waals surface area contributed by atoms with Crippen molar-refractivity contribution in [2.24, 2.45) is 0 Å². The first kappa shape index (κ1) is 26.0. The van der Waals surface area contributed by atoms with Gasteiger partial charge in [0.15, 0.2) is 0 Å². The maximum atomic E-state index is 13.4. The molecular formula is C26H19Cl2FN2O6. The third-order valence-corrected chi connectivity index (χ3v) is 5.91. The van der Waals surface area contributed by atoms with Crippen LogP contribution in [0, 0.1) is 5.82 Å². The molecule has 1 fully saturated rings. The van der Waals surface area contributed by atoms with E-state index in [9.17, 15) is 18.8 Å². The Bertz CT molecular complexity index is 1430. The molecule has 0 bridgehead atoms. The van der Waals surface area contributed by atoms with Crippen LogP contribution >= 0.6 is 23.2 Å². The van der Waals surface area contributed by atoms with Crippen LogP contribution in [-0.4, -0.2) is 32.1 Å². The molecule has 0 atom stereocenters. The number of urea groups is 1. The van der Waals surface area contributed by atoms with Gasteiger partial charge in [-0.15, -0.1) is 0 Å². The summed E-state index contributed by atoms with van der Waals surface area (Å²) in [6, 6.07) is 12.2. The second-order valence-corrected chi connectivity index (χ2v) is 8.56. The Hall–Kier alpha value is -4.08. The highest BCUT2D eigenvalue weighted by Crippen LogP contribution is 2.39. The highest BCUT2D eigenvalue weighted by Gasteiger charge is 2.39. The first-order valence-corrected chi connectivity index (χ1v) is 11.5. The molecule has 8 nitrogen and oxygen atoms in total. The minimum Gasteiger partial charge on any atom is -0.495 e. The van der Waals surface area contributed by atoms with Gasteiger partial charge < -0.3 is 14.2 Å². The molecule has 3 aromatic carbocycles. The maximum Gasteiger partial charge on any atom is 0.336 e. The zero-order valence-electron chi connectivity index (χ0n) is 19.5. The highest BCUT2D eigenvalue weighted by molar-refractivity contribution is 6.40. The predicted molar refractivity (Wildman–Crippen MR) is 136 cm³/mol. The van der Waals surface area contributed by atoms with Gasteiger partial charge in [0.05, 0.1) is 24.9 Å². The SMILES string of the molecule is COc1cc(N2C(=O)NC(=O)/C(=C\c3cc(Cl)ccc3OCc3ccc(F)cc3)C2=O)c(OC)cc1Cl. The largest absolute Gasteiger partial charge is 0.495 e. The summed E-state index contributed by atoms with van der Waals surface area (Å²) < 4.78 is 29.5. The fourth-order valence-electron chi connectivity index (χ4n) is 3.56. The standard InChI is InChI=1S/C26H19Cl2FN2O6/c1-35-22-12-20(23(36-2)11-19(22)28)31-25(33)18(24(32)30-26(31)34)10-15-9-16(27)5-8-21(15)37-13-14-3-6-17(29)7-4-14/h3-12H,13H2,1-2H3,(H,30,32,34)/b18-10+. The summed E-state index contributed by atoms with van der Waals surface area (Å²) in [5.74, 6) is -1.61. The zero-order chi connectivity index (χ0) is 26.7. The van der Waals surface area contributed by atoms with E-state index in [4.69, 9.17) is 37.4 Å². The fourth-order valence-corrected chi connectivity index (χ4v) is 3.97. The molecule has 1 heterocycles. The molecular weight excluding hydrogens is 526 g/mol. The molecule has 4 rings (SSSR count). The number of hydrogen-bond donors (Lipinski definition) is 1. The van der Waals surface area contributed by atoms with Crippen molar-refractivity contribution in [1.82, 2.24) is 5.32 Å². The topological polar surface area (TPSA) is 94.2 Å². The summed E-state index contributed by atoms with van der Waals surface area (Å²) in [7, 11) is 2.71. The number of nitrogens with zero attached hydrogens (tertiary/aromatic N) is 1. The second-order valence-electron chi connectivity index (χ2n) is 7.71. The molecule has 0 spiro atoms. The minimum atomic E-state index is -0.978. The number of hydrogen-bond acceptors (Lipinski definition) is 6. The number of amides is 4. The molecule has 37 heavy (non-hydrogen) atoms. The van der Waals surface area contributed by atoms with E-state index in [2.05, 4.69) is 5.32 Å². The molecule has 0 aliphatic carbocycles. The lowest BCUT2D eigenvalue weighted by molar-refractivity contribution is -0.122. The lowest BCUT2D eigenvalue weighted by Crippen LogP contribution is -2.54. The number of benzene rings is 3. The summed E-state index contributed by atoms with van der Waals surface area (Å²) >= 11 is 12.3. The number of anilines is 1. The first-order chi connectivity index (χ1) is 17.7. The molecule has 0 unspecified atom stereocenters. The van der Waals surface area contributed by atoms with Crippen molar-refractivity contribution < 1.29 is 33.0 Å². The molecule has 0 radical (unpaired) electrons. The fraction of sp³-hybridized carbons (Fsp3) is 0.115. The average Bonchev–Trinajstić information content (AvgIpc) is 2.87. The number of barbiturate groups is 1. The summed E-state index contributed by atoms with van der Waals surface area (Å²) in [6.07, 6.45) is 1.27. The van der Waals surface area contributed by atoms with E-state index in [-0.39, 0.29) is 40.2 Å². The third-order valence-electron chi connectivity index (χ3n) is 5.38. The summed E-state index contributed by atoms with van der Waals surface area (Å²) in [4.78, 5) is 39.6. The number of halogens is 3.